The van der Waals surface area contributed by atoms with Gasteiger partial charge in [0, 0.05) is 37.5 Å². The summed E-state index contributed by atoms with van der Waals surface area (Å²) in [7, 11) is 0. The number of aromatic nitrogens is 1. The van der Waals surface area contributed by atoms with Gasteiger partial charge in [0.1, 0.15) is 5.03 Å². The number of carbonyl (C=O) groups is 2. The first-order chi connectivity index (χ1) is 13.0. The predicted molar refractivity (Wildman–Crippen MR) is 108 cm³/mol. The van der Waals surface area contributed by atoms with Crippen LogP contribution < -0.4 is 15.5 Å². The Labute approximate surface area is 163 Å². The van der Waals surface area contributed by atoms with Crippen molar-refractivity contribution in [1.82, 2.24) is 15.6 Å². The van der Waals surface area contributed by atoms with E-state index in [2.05, 4.69) is 15.6 Å². The van der Waals surface area contributed by atoms with Crippen molar-refractivity contribution < 1.29 is 9.59 Å². The molecule has 3 rings (SSSR count). The number of hydrogen-bond acceptors (Lipinski definition) is 4. The van der Waals surface area contributed by atoms with E-state index in [1.807, 2.05) is 50.2 Å². The maximum Gasteiger partial charge on any atom is 0.322 e. The van der Waals surface area contributed by atoms with Crippen molar-refractivity contribution in [3.05, 3.63) is 53.2 Å². The molecule has 0 unspecified atom stereocenters. The Balaban J connectivity index is 1.50. The molecule has 1 aromatic heterocycles. The van der Waals surface area contributed by atoms with Gasteiger partial charge in [-0.15, -0.1) is 11.8 Å². The quantitative estimate of drug-likeness (QED) is 0.831. The highest BCUT2D eigenvalue weighted by Crippen LogP contribution is 2.36. The minimum atomic E-state index is -0.179. The van der Waals surface area contributed by atoms with Crippen molar-refractivity contribution in [2.24, 2.45) is 0 Å². The molecule has 142 valence electrons. The normalized spacial score (nSPS) is 13.0. The third-order valence-corrected chi connectivity index (χ3v) is 5.25. The largest absolute Gasteiger partial charge is 0.352 e. The van der Waals surface area contributed by atoms with Gasteiger partial charge in [-0.05, 0) is 31.0 Å². The number of nitrogens with zero attached hydrogens (tertiary/aromatic N) is 2. The van der Waals surface area contributed by atoms with Crippen molar-refractivity contribution in [2.45, 2.75) is 31.8 Å². The van der Waals surface area contributed by atoms with Crippen molar-refractivity contribution in [2.75, 3.05) is 23.7 Å². The summed E-state index contributed by atoms with van der Waals surface area (Å²) in [4.78, 5) is 30.9. The summed E-state index contributed by atoms with van der Waals surface area (Å²) in [6.07, 6.45) is 0.249. The molecule has 0 atom stereocenters. The van der Waals surface area contributed by atoms with Gasteiger partial charge in [-0.3, -0.25) is 9.69 Å². The van der Waals surface area contributed by atoms with Crippen LogP contribution in [0, 0.1) is 13.8 Å². The lowest BCUT2D eigenvalue weighted by Gasteiger charge is -2.30. The first-order valence-electron chi connectivity index (χ1n) is 9.01. The van der Waals surface area contributed by atoms with E-state index in [0.29, 0.717) is 19.6 Å². The molecule has 0 spiro atoms. The van der Waals surface area contributed by atoms with Crippen LogP contribution in [0.2, 0.25) is 0 Å². The minimum Gasteiger partial charge on any atom is -0.352 e. The molecule has 0 bridgehead atoms. The monoisotopic (exact) mass is 384 g/mol. The van der Waals surface area contributed by atoms with Crippen LogP contribution in [0.15, 0.2) is 41.4 Å². The molecule has 2 heterocycles. The fraction of sp³-hybridized carbons (Fsp3) is 0.350. The van der Waals surface area contributed by atoms with E-state index >= 15 is 0 Å². The second kappa shape index (κ2) is 8.90. The van der Waals surface area contributed by atoms with Gasteiger partial charge < -0.3 is 10.6 Å². The average molecular weight is 385 g/mol. The van der Waals surface area contributed by atoms with Crippen molar-refractivity contribution in [3.63, 3.8) is 0 Å². The van der Waals surface area contributed by atoms with E-state index in [1.54, 1.807) is 16.7 Å². The minimum absolute atomic E-state index is 0.0813. The van der Waals surface area contributed by atoms with E-state index in [-0.39, 0.29) is 18.4 Å². The van der Waals surface area contributed by atoms with Crippen molar-refractivity contribution in [3.8, 4) is 0 Å². The molecule has 1 aromatic carbocycles. The van der Waals surface area contributed by atoms with Gasteiger partial charge in [0.2, 0.25) is 5.91 Å². The molecule has 1 aliphatic rings. The molecule has 2 N–H and O–H groups in total. The number of amides is 3. The Morgan fingerprint density at radius 1 is 1.19 bits per heavy atom. The third-order valence-electron chi connectivity index (χ3n) is 4.31. The van der Waals surface area contributed by atoms with E-state index in [4.69, 9.17) is 0 Å². The van der Waals surface area contributed by atoms with Gasteiger partial charge in [-0.25, -0.2) is 9.78 Å². The molecule has 0 saturated heterocycles. The maximum atomic E-state index is 12.6. The van der Waals surface area contributed by atoms with Crippen LogP contribution in [-0.4, -0.2) is 35.8 Å². The molecule has 0 fully saturated rings. The van der Waals surface area contributed by atoms with Gasteiger partial charge in [0.05, 0.1) is 5.69 Å². The number of aryl methyl sites for hydroxylation is 2. The average Bonchev–Trinajstić information content (AvgIpc) is 2.66. The fourth-order valence-electron chi connectivity index (χ4n) is 3.04. The van der Waals surface area contributed by atoms with Crippen LogP contribution in [0.5, 0.6) is 0 Å². The Morgan fingerprint density at radius 2 is 1.96 bits per heavy atom. The number of benzene rings is 1. The lowest BCUT2D eigenvalue weighted by atomic mass is 10.2. The molecule has 7 heteroatoms. The van der Waals surface area contributed by atoms with Gasteiger partial charge in [0.25, 0.3) is 0 Å². The third kappa shape index (κ3) is 5.01. The van der Waals surface area contributed by atoms with Gasteiger partial charge in [0.15, 0.2) is 0 Å². The summed E-state index contributed by atoms with van der Waals surface area (Å²) in [5, 5.41) is 6.62. The van der Waals surface area contributed by atoms with Crippen LogP contribution in [-0.2, 0) is 11.3 Å². The van der Waals surface area contributed by atoms with Crippen molar-refractivity contribution in [1.29, 1.82) is 0 Å². The molecular formula is C20H24N4O2S. The number of urea groups is 1. The number of nitrogens with one attached hydrogen (secondary N) is 2. The predicted octanol–water partition coefficient (Wildman–Crippen LogP) is 3.03. The summed E-state index contributed by atoms with van der Waals surface area (Å²) in [6.45, 7) is 5.39. The molecule has 6 nitrogen and oxygen atoms in total. The number of rotatable bonds is 5. The van der Waals surface area contributed by atoms with Crippen LogP contribution in [0.1, 0.15) is 23.2 Å². The number of carbonyl (C=O) groups excluding carboxylic acids is 2. The standard InChI is InChI=1S/C20H24N4O2S/c1-14-12-15(2)23-19-18(14)24(10-11-27-19)20(26)21-9-8-17(25)22-13-16-6-4-3-5-7-16/h3-7,12H,8-11,13H2,1-2H3,(H,21,26)(H,22,25). The number of thioether (sulfide) groups is 1. The van der Waals surface area contributed by atoms with Gasteiger partial charge >= 0.3 is 6.03 Å². The molecule has 2 aromatic rings. The fourth-order valence-corrected chi connectivity index (χ4v) is 4.12. The Morgan fingerprint density at radius 3 is 2.74 bits per heavy atom. The van der Waals surface area contributed by atoms with Crippen LogP contribution >= 0.6 is 11.8 Å². The topological polar surface area (TPSA) is 74.3 Å². The summed E-state index contributed by atoms with van der Waals surface area (Å²) in [6, 6.07) is 11.6. The summed E-state index contributed by atoms with van der Waals surface area (Å²) in [5.74, 6) is 0.732. The highest BCUT2D eigenvalue weighted by Gasteiger charge is 2.26. The Kier molecular flexibility index (Phi) is 6.34. The van der Waals surface area contributed by atoms with Gasteiger partial charge in [-0.1, -0.05) is 30.3 Å². The first-order valence-corrected chi connectivity index (χ1v) is 10.00. The van der Waals surface area contributed by atoms with E-state index in [1.165, 1.54) is 0 Å². The molecule has 27 heavy (non-hydrogen) atoms. The zero-order valence-electron chi connectivity index (χ0n) is 15.6. The van der Waals surface area contributed by atoms with E-state index in [9.17, 15) is 9.59 Å². The zero-order chi connectivity index (χ0) is 19.2. The van der Waals surface area contributed by atoms with E-state index in [0.717, 1.165) is 33.3 Å². The SMILES string of the molecule is Cc1cc(C)c2c(n1)SCCN2C(=O)NCCC(=O)NCc1ccccc1. The zero-order valence-corrected chi connectivity index (χ0v) is 16.4. The lowest BCUT2D eigenvalue weighted by molar-refractivity contribution is -0.121. The molecule has 3 amide bonds. The second-order valence-electron chi connectivity index (χ2n) is 6.48. The molecular weight excluding hydrogens is 360 g/mol. The molecule has 1 aliphatic heterocycles. The number of hydrogen-bond donors (Lipinski definition) is 2. The second-order valence-corrected chi connectivity index (χ2v) is 7.56. The molecule has 0 saturated carbocycles. The lowest BCUT2D eigenvalue weighted by Crippen LogP contribution is -2.44. The summed E-state index contributed by atoms with van der Waals surface area (Å²) < 4.78 is 0. The molecule has 0 radical (unpaired) electrons. The van der Waals surface area contributed by atoms with Gasteiger partial charge in [-0.2, -0.15) is 0 Å². The highest BCUT2D eigenvalue weighted by atomic mass is 32.2. The first kappa shape index (κ1) is 19.2. The number of anilines is 1. The van der Waals surface area contributed by atoms with Crippen molar-refractivity contribution >= 4 is 29.4 Å². The van der Waals surface area contributed by atoms with Crippen LogP contribution in [0.4, 0.5) is 10.5 Å². The number of fused-ring (bicyclic) bond motifs is 1. The maximum absolute atomic E-state index is 12.6. The molecule has 0 aliphatic carbocycles. The summed E-state index contributed by atoms with van der Waals surface area (Å²) in [5.41, 5.74) is 3.93. The smallest absolute Gasteiger partial charge is 0.322 e. The Hall–Kier alpha value is -2.54. The highest BCUT2D eigenvalue weighted by molar-refractivity contribution is 7.99. The Bertz CT molecular complexity index is 826. The van der Waals surface area contributed by atoms with E-state index < -0.39 is 0 Å². The van der Waals surface area contributed by atoms with Crippen LogP contribution in [0.25, 0.3) is 0 Å². The summed E-state index contributed by atoms with van der Waals surface area (Å²) >= 11 is 1.67. The van der Waals surface area contributed by atoms with Crippen LogP contribution in [0.3, 0.4) is 0 Å². The number of pyridine rings is 1.